The maximum atomic E-state index is 10.9. The first-order chi connectivity index (χ1) is 5.57. The molecule has 0 aliphatic carbocycles. The number of aliphatic hydroxyl groups excluding tert-OH is 2. The van der Waals surface area contributed by atoms with Crippen LogP contribution < -0.4 is 0 Å². The van der Waals surface area contributed by atoms with Gasteiger partial charge in [0.1, 0.15) is 0 Å². The van der Waals surface area contributed by atoms with E-state index in [9.17, 15) is 4.79 Å². The third-order valence-electron chi connectivity index (χ3n) is 1.24. The highest BCUT2D eigenvalue weighted by molar-refractivity contribution is 8.14. The lowest BCUT2D eigenvalue weighted by Crippen LogP contribution is -2.13. The van der Waals surface area contributed by atoms with E-state index >= 15 is 0 Å². The van der Waals surface area contributed by atoms with Gasteiger partial charge in [0.15, 0.2) is 0 Å². The van der Waals surface area contributed by atoms with Gasteiger partial charge >= 0.3 is 0 Å². The molecule has 0 saturated carbocycles. The standard InChI is InChI=1S/C8H14O3S/c1-6(2)8(11)12-4-3-7(10)5-9/h7,9-10H,1,3-5H2,2H3. The minimum atomic E-state index is -0.713. The highest BCUT2D eigenvalue weighted by Crippen LogP contribution is 2.10. The Hall–Kier alpha value is -0.320. The van der Waals surface area contributed by atoms with E-state index in [1.807, 2.05) is 0 Å². The summed E-state index contributed by atoms with van der Waals surface area (Å²) >= 11 is 1.12. The van der Waals surface area contributed by atoms with Crippen LogP contribution in [0.4, 0.5) is 0 Å². The summed E-state index contributed by atoms with van der Waals surface area (Å²) in [5, 5.41) is 17.3. The molecule has 0 aromatic heterocycles. The highest BCUT2D eigenvalue weighted by Gasteiger charge is 2.05. The van der Waals surface area contributed by atoms with Crippen molar-refractivity contribution in [1.82, 2.24) is 0 Å². The maximum Gasteiger partial charge on any atom is 0.214 e. The van der Waals surface area contributed by atoms with Gasteiger partial charge in [-0.3, -0.25) is 4.79 Å². The molecule has 0 aliphatic rings. The van der Waals surface area contributed by atoms with Crippen LogP contribution in [0.1, 0.15) is 13.3 Å². The summed E-state index contributed by atoms with van der Waals surface area (Å²) in [6.45, 7) is 4.89. The molecule has 1 unspecified atom stereocenters. The largest absolute Gasteiger partial charge is 0.394 e. The van der Waals surface area contributed by atoms with Crippen LogP contribution >= 0.6 is 11.8 Å². The van der Waals surface area contributed by atoms with E-state index in [4.69, 9.17) is 10.2 Å². The van der Waals surface area contributed by atoms with Crippen LogP contribution in [0.3, 0.4) is 0 Å². The molecule has 0 aliphatic heterocycles. The van der Waals surface area contributed by atoms with Crippen LogP contribution in [0, 0.1) is 0 Å². The Bertz CT molecular complexity index is 168. The summed E-state index contributed by atoms with van der Waals surface area (Å²) in [6, 6.07) is 0. The van der Waals surface area contributed by atoms with E-state index < -0.39 is 6.10 Å². The van der Waals surface area contributed by atoms with Crippen LogP contribution in [0.2, 0.25) is 0 Å². The number of hydrogen-bond acceptors (Lipinski definition) is 4. The maximum absolute atomic E-state index is 10.9. The third-order valence-corrected chi connectivity index (χ3v) is 2.29. The second-order valence-corrected chi connectivity index (χ2v) is 3.61. The van der Waals surface area contributed by atoms with Gasteiger partial charge in [0.2, 0.25) is 5.12 Å². The first-order valence-electron chi connectivity index (χ1n) is 3.69. The van der Waals surface area contributed by atoms with Gasteiger partial charge in [-0.2, -0.15) is 0 Å². The van der Waals surface area contributed by atoms with Crippen molar-refractivity contribution in [3.63, 3.8) is 0 Å². The number of rotatable bonds is 5. The lowest BCUT2D eigenvalue weighted by atomic mass is 10.3. The fraction of sp³-hybridized carbons (Fsp3) is 0.625. The normalized spacial score (nSPS) is 12.6. The first-order valence-corrected chi connectivity index (χ1v) is 4.68. The Morgan fingerprint density at radius 3 is 2.67 bits per heavy atom. The molecule has 0 heterocycles. The summed E-state index contributed by atoms with van der Waals surface area (Å²) in [5.41, 5.74) is 0.512. The average Bonchev–Trinajstić information content (AvgIpc) is 2.03. The molecule has 0 bridgehead atoms. The summed E-state index contributed by atoms with van der Waals surface area (Å²) in [4.78, 5) is 10.9. The molecule has 2 N–H and O–H groups in total. The Kier molecular flexibility index (Phi) is 6.06. The lowest BCUT2D eigenvalue weighted by molar-refractivity contribution is -0.107. The molecule has 0 aromatic rings. The molecule has 0 fully saturated rings. The quantitative estimate of drug-likeness (QED) is 0.622. The van der Waals surface area contributed by atoms with E-state index in [1.165, 1.54) is 0 Å². The van der Waals surface area contributed by atoms with Crippen molar-refractivity contribution in [2.24, 2.45) is 0 Å². The molecule has 0 amide bonds. The molecule has 0 radical (unpaired) electrons. The van der Waals surface area contributed by atoms with Crippen molar-refractivity contribution >= 4 is 16.9 Å². The molecule has 0 saturated heterocycles. The predicted molar refractivity (Wildman–Crippen MR) is 50.0 cm³/mol. The van der Waals surface area contributed by atoms with Gasteiger partial charge in [-0.1, -0.05) is 18.3 Å². The first kappa shape index (κ1) is 11.7. The molecular weight excluding hydrogens is 176 g/mol. The minimum Gasteiger partial charge on any atom is -0.394 e. The third kappa shape index (κ3) is 5.35. The van der Waals surface area contributed by atoms with E-state index in [0.717, 1.165) is 11.8 Å². The monoisotopic (exact) mass is 190 g/mol. The van der Waals surface area contributed by atoms with Gasteiger partial charge < -0.3 is 10.2 Å². The highest BCUT2D eigenvalue weighted by atomic mass is 32.2. The second-order valence-electron chi connectivity index (χ2n) is 2.54. The van der Waals surface area contributed by atoms with Crippen molar-refractivity contribution < 1.29 is 15.0 Å². The Labute approximate surface area is 76.5 Å². The van der Waals surface area contributed by atoms with Crippen molar-refractivity contribution in [3.8, 4) is 0 Å². The molecule has 0 aromatic carbocycles. The zero-order valence-electron chi connectivity index (χ0n) is 7.12. The molecule has 12 heavy (non-hydrogen) atoms. The Balaban J connectivity index is 3.44. The number of carbonyl (C=O) groups is 1. The van der Waals surface area contributed by atoms with Crippen LogP contribution in [-0.4, -0.2) is 33.8 Å². The topological polar surface area (TPSA) is 57.5 Å². The smallest absolute Gasteiger partial charge is 0.214 e. The van der Waals surface area contributed by atoms with Crippen molar-refractivity contribution in [2.75, 3.05) is 12.4 Å². The van der Waals surface area contributed by atoms with Gasteiger partial charge in [0, 0.05) is 5.75 Å². The summed E-state index contributed by atoms with van der Waals surface area (Å²) in [7, 11) is 0. The van der Waals surface area contributed by atoms with Crippen LogP contribution in [0.15, 0.2) is 12.2 Å². The van der Waals surface area contributed by atoms with Crippen molar-refractivity contribution in [3.05, 3.63) is 12.2 Å². The summed E-state index contributed by atoms with van der Waals surface area (Å²) < 4.78 is 0. The van der Waals surface area contributed by atoms with E-state index in [0.29, 0.717) is 17.7 Å². The summed E-state index contributed by atoms with van der Waals surface area (Å²) in [6.07, 6.45) is -0.282. The number of hydrogen-bond donors (Lipinski definition) is 2. The Morgan fingerprint density at radius 2 is 2.25 bits per heavy atom. The summed E-state index contributed by atoms with van der Waals surface area (Å²) in [5.74, 6) is 0.521. The van der Waals surface area contributed by atoms with Crippen molar-refractivity contribution in [1.29, 1.82) is 0 Å². The van der Waals surface area contributed by atoms with Crippen LogP contribution in [-0.2, 0) is 4.79 Å². The number of aliphatic hydroxyl groups is 2. The molecule has 3 nitrogen and oxygen atoms in total. The fourth-order valence-electron chi connectivity index (χ4n) is 0.502. The van der Waals surface area contributed by atoms with Gasteiger partial charge in [0.25, 0.3) is 0 Å². The fourth-order valence-corrected chi connectivity index (χ4v) is 1.32. The van der Waals surface area contributed by atoms with E-state index in [-0.39, 0.29) is 11.7 Å². The van der Waals surface area contributed by atoms with Gasteiger partial charge in [0.05, 0.1) is 12.7 Å². The number of thioether (sulfide) groups is 1. The zero-order valence-corrected chi connectivity index (χ0v) is 7.93. The lowest BCUT2D eigenvalue weighted by Gasteiger charge is -2.04. The van der Waals surface area contributed by atoms with E-state index in [2.05, 4.69) is 6.58 Å². The van der Waals surface area contributed by atoms with Crippen LogP contribution in [0.25, 0.3) is 0 Å². The van der Waals surface area contributed by atoms with Gasteiger partial charge in [-0.15, -0.1) is 0 Å². The minimum absolute atomic E-state index is 0.0554. The Morgan fingerprint density at radius 1 is 1.67 bits per heavy atom. The molecule has 1 atom stereocenters. The zero-order chi connectivity index (χ0) is 9.56. The van der Waals surface area contributed by atoms with E-state index in [1.54, 1.807) is 6.92 Å². The van der Waals surface area contributed by atoms with Gasteiger partial charge in [-0.05, 0) is 18.9 Å². The van der Waals surface area contributed by atoms with Gasteiger partial charge in [-0.25, -0.2) is 0 Å². The molecular formula is C8H14O3S. The molecule has 0 spiro atoms. The predicted octanol–water partition coefficient (Wildman–Crippen LogP) is 0.566. The van der Waals surface area contributed by atoms with Crippen molar-refractivity contribution in [2.45, 2.75) is 19.4 Å². The number of carbonyl (C=O) groups excluding carboxylic acids is 1. The average molecular weight is 190 g/mol. The SMILES string of the molecule is C=C(C)C(=O)SCCC(O)CO. The molecule has 70 valence electrons. The molecule has 4 heteroatoms. The molecule has 0 rings (SSSR count). The van der Waals surface area contributed by atoms with Crippen LogP contribution in [0.5, 0.6) is 0 Å². The second kappa shape index (κ2) is 6.22.